The predicted molar refractivity (Wildman–Crippen MR) is 60.6 cm³/mol. The average Bonchev–Trinajstić information content (AvgIpc) is 2.05. The second-order valence-corrected chi connectivity index (χ2v) is 5.43. The molecule has 0 rings (SSSR count). The number of hydrogen-bond acceptors (Lipinski definition) is 1. The minimum atomic E-state index is 0.482. The molecule has 0 aromatic heterocycles. The molecule has 12 heavy (non-hydrogen) atoms. The summed E-state index contributed by atoms with van der Waals surface area (Å²) in [5, 5.41) is 0. The standard InChI is InChI=1S/C10H18SSe/c1-4-6-7-11-10(12)8-9(3)5-2/h5,8-9,12H,2,4,6-7H2,1,3H3/p-1/b10-8+. The number of hydrogen-bond donors (Lipinski definition) is 0. The first kappa shape index (κ1) is 12.3. The number of rotatable bonds is 6. The van der Waals surface area contributed by atoms with Gasteiger partial charge in [0, 0.05) is 0 Å². The molecule has 0 N–H and O–H groups in total. The Morgan fingerprint density at radius 1 is 1.67 bits per heavy atom. The van der Waals surface area contributed by atoms with Crippen molar-refractivity contribution in [1.29, 1.82) is 0 Å². The third-order valence-electron chi connectivity index (χ3n) is 1.51. The van der Waals surface area contributed by atoms with Crippen LogP contribution in [-0.4, -0.2) is 21.8 Å². The van der Waals surface area contributed by atoms with E-state index in [1.54, 1.807) is 0 Å². The summed E-state index contributed by atoms with van der Waals surface area (Å²) in [5.74, 6) is 1.70. The van der Waals surface area contributed by atoms with E-state index in [-0.39, 0.29) is 0 Å². The van der Waals surface area contributed by atoms with E-state index in [2.05, 4.69) is 42.5 Å². The third kappa shape index (κ3) is 7.02. The monoisotopic (exact) mass is 249 g/mol. The van der Waals surface area contributed by atoms with E-state index >= 15 is 0 Å². The number of allylic oxidation sites excluding steroid dienone is 2. The van der Waals surface area contributed by atoms with E-state index in [0.717, 1.165) is 0 Å². The van der Waals surface area contributed by atoms with Crippen molar-refractivity contribution in [2.45, 2.75) is 26.7 Å². The Kier molecular flexibility index (Phi) is 8.20. The van der Waals surface area contributed by atoms with Crippen LogP contribution in [0.5, 0.6) is 0 Å². The van der Waals surface area contributed by atoms with Gasteiger partial charge in [-0.2, -0.15) is 0 Å². The minimum absolute atomic E-state index is 0.482. The molecule has 0 nitrogen and oxygen atoms in total. The summed E-state index contributed by atoms with van der Waals surface area (Å²) in [4.78, 5) is 0. The SMILES string of the molecule is C=CC(C)/C=C(/[Se-])SCCCC. The van der Waals surface area contributed by atoms with Gasteiger partial charge in [-0.1, -0.05) is 0 Å². The van der Waals surface area contributed by atoms with E-state index in [1.807, 2.05) is 17.8 Å². The normalized spacial score (nSPS) is 14.3. The van der Waals surface area contributed by atoms with Gasteiger partial charge in [0.05, 0.1) is 0 Å². The molecule has 0 aromatic carbocycles. The van der Waals surface area contributed by atoms with Crippen molar-refractivity contribution in [3.05, 3.63) is 22.5 Å². The molecular formula is C10H17SSe-. The van der Waals surface area contributed by atoms with Crippen molar-refractivity contribution in [2.24, 2.45) is 5.92 Å². The van der Waals surface area contributed by atoms with Crippen LogP contribution in [0.25, 0.3) is 0 Å². The number of thioether (sulfide) groups is 1. The predicted octanol–water partition coefficient (Wildman–Crippen LogP) is 3.35. The summed E-state index contributed by atoms with van der Waals surface area (Å²) in [7, 11) is 0. The van der Waals surface area contributed by atoms with Gasteiger partial charge in [0.25, 0.3) is 0 Å². The van der Waals surface area contributed by atoms with Crippen LogP contribution in [0.3, 0.4) is 0 Å². The van der Waals surface area contributed by atoms with Gasteiger partial charge in [-0.05, 0) is 0 Å². The molecule has 0 saturated heterocycles. The third-order valence-corrected chi connectivity index (χ3v) is 3.45. The molecule has 1 unspecified atom stereocenters. The number of unbranched alkanes of at least 4 members (excludes halogenated alkanes) is 1. The van der Waals surface area contributed by atoms with E-state index in [1.165, 1.54) is 22.4 Å². The van der Waals surface area contributed by atoms with Crippen molar-refractivity contribution >= 4 is 27.8 Å². The van der Waals surface area contributed by atoms with Gasteiger partial charge in [0.15, 0.2) is 0 Å². The molecule has 0 heterocycles. The van der Waals surface area contributed by atoms with Gasteiger partial charge in [0.1, 0.15) is 0 Å². The van der Waals surface area contributed by atoms with Crippen molar-refractivity contribution < 1.29 is 0 Å². The van der Waals surface area contributed by atoms with Crippen LogP contribution in [-0.2, 0) is 0 Å². The van der Waals surface area contributed by atoms with Crippen LogP contribution in [0.15, 0.2) is 22.5 Å². The van der Waals surface area contributed by atoms with Gasteiger partial charge in [-0.25, -0.2) is 0 Å². The maximum absolute atomic E-state index is 3.74. The Morgan fingerprint density at radius 2 is 2.33 bits per heavy atom. The van der Waals surface area contributed by atoms with Gasteiger partial charge >= 0.3 is 88.7 Å². The first-order chi connectivity index (χ1) is 5.70. The molecule has 2 heteroatoms. The maximum atomic E-state index is 3.74. The van der Waals surface area contributed by atoms with Crippen molar-refractivity contribution in [1.82, 2.24) is 0 Å². The fourth-order valence-corrected chi connectivity index (χ4v) is 2.57. The first-order valence-electron chi connectivity index (χ1n) is 4.34. The molecule has 0 aliphatic rings. The molecule has 0 fully saturated rings. The van der Waals surface area contributed by atoms with E-state index < -0.39 is 0 Å². The molecule has 70 valence electrons. The summed E-state index contributed by atoms with van der Waals surface area (Å²) < 4.78 is 1.30. The van der Waals surface area contributed by atoms with Crippen molar-refractivity contribution in [3.63, 3.8) is 0 Å². The second-order valence-electron chi connectivity index (χ2n) is 2.78. The van der Waals surface area contributed by atoms with E-state index in [9.17, 15) is 0 Å². The average molecular weight is 248 g/mol. The van der Waals surface area contributed by atoms with Gasteiger partial charge in [-0.15, -0.1) is 0 Å². The topological polar surface area (TPSA) is 0 Å². The van der Waals surface area contributed by atoms with Gasteiger partial charge in [0.2, 0.25) is 0 Å². The summed E-state index contributed by atoms with van der Waals surface area (Å²) >= 11 is 4.98. The fraction of sp³-hybridized carbons (Fsp3) is 0.600. The Balaban J connectivity index is 3.62. The van der Waals surface area contributed by atoms with Crippen LogP contribution < -0.4 is 0 Å². The molecule has 0 bridgehead atoms. The van der Waals surface area contributed by atoms with Gasteiger partial charge < -0.3 is 0 Å². The fourth-order valence-electron chi connectivity index (χ4n) is 0.648. The summed E-state index contributed by atoms with van der Waals surface area (Å²) in [5.41, 5.74) is 0. The summed E-state index contributed by atoms with van der Waals surface area (Å²) in [6.07, 6.45) is 6.74. The van der Waals surface area contributed by atoms with Crippen molar-refractivity contribution in [3.8, 4) is 0 Å². The van der Waals surface area contributed by atoms with Crippen LogP contribution in [0.1, 0.15) is 26.7 Å². The van der Waals surface area contributed by atoms with Gasteiger partial charge in [-0.3, -0.25) is 0 Å². The Labute approximate surface area is 88.7 Å². The molecule has 0 aliphatic heterocycles. The summed E-state index contributed by atoms with van der Waals surface area (Å²) in [6.45, 7) is 8.10. The molecule has 0 amide bonds. The Morgan fingerprint density at radius 3 is 2.83 bits per heavy atom. The molecule has 0 aliphatic carbocycles. The Hall–Kier alpha value is 0.349. The Bertz CT molecular complexity index is 152. The second kappa shape index (κ2) is 7.97. The zero-order valence-corrected chi connectivity index (χ0v) is 10.4. The molecule has 0 radical (unpaired) electrons. The molecule has 0 aromatic rings. The molecule has 0 saturated carbocycles. The molecular weight excluding hydrogens is 231 g/mol. The molecule has 0 spiro atoms. The van der Waals surface area contributed by atoms with Crippen LogP contribution >= 0.6 is 11.8 Å². The summed E-state index contributed by atoms with van der Waals surface area (Å²) in [6, 6.07) is 0. The van der Waals surface area contributed by atoms with E-state index in [0.29, 0.717) is 5.92 Å². The quantitative estimate of drug-likeness (QED) is 0.394. The molecule has 1 atom stereocenters. The zero-order chi connectivity index (χ0) is 9.40. The van der Waals surface area contributed by atoms with Crippen LogP contribution in [0.2, 0.25) is 0 Å². The van der Waals surface area contributed by atoms with Crippen molar-refractivity contribution in [2.75, 3.05) is 5.75 Å². The van der Waals surface area contributed by atoms with E-state index in [4.69, 9.17) is 0 Å². The first-order valence-corrected chi connectivity index (χ1v) is 6.19. The zero-order valence-electron chi connectivity index (χ0n) is 7.88. The van der Waals surface area contributed by atoms with Crippen LogP contribution in [0, 0.1) is 5.92 Å². The van der Waals surface area contributed by atoms with Crippen LogP contribution in [0.4, 0.5) is 0 Å².